The minimum absolute atomic E-state index is 0.589. The van der Waals surface area contributed by atoms with Gasteiger partial charge >= 0.3 is 0 Å². The van der Waals surface area contributed by atoms with Gasteiger partial charge in [-0.3, -0.25) is 4.68 Å². The standard InChI is InChI=1S/C20H18N4O/c1-23-14-15-13-17(8-11-19(15)22-23)24(2)16-6-9-18(10-7-16)25-20-5-3-4-12-21-20/h3-14H,1-2H3. The highest BCUT2D eigenvalue weighted by Gasteiger charge is 2.07. The van der Waals surface area contributed by atoms with E-state index in [0.29, 0.717) is 5.88 Å². The molecule has 0 radical (unpaired) electrons. The van der Waals surface area contributed by atoms with E-state index in [4.69, 9.17) is 4.74 Å². The van der Waals surface area contributed by atoms with E-state index in [0.717, 1.165) is 28.0 Å². The maximum Gasteiger partial charge on any atom is 0.219 e. The quantitative estimate of drug-likeness (QED) is 0.551. The Morgan fingerprint density at radius 2 is 1.76 bits per heavy atom. The molecule has 0 aliphatic rings. The van der Waals surface area contributed by atoms with Crippen molar-refractivity contribution in [2.45, 2.75) is 0 Å². The van der Waals surface area contributed by atoms with Crippen molar-refractivity contribution in [3.8, 4) is 11.6 Å². The van der Waals surface area contributed by atoms with Crippen molar-refractivity contribution in [1.82, 2.24) is 14.8 Å². The molecule has 0 saturated carbocycles. The lowest BCUT2D eigenvalue weighted by Gasteiger charge is -2.19. The Morgan fingerprint density at radius 3 is 2.52 bits per heavy atom. The molecule has 0 amide bonds. The van der Waals surface area contributed by atoms with Crippen LogP contribution in [0, 0.1) is 0 Å². The summed E-state index contributed by atoms with van der Waals surface area (Å²) in [7, 11) is 3.98. The monoisotopic (exact) mass is 330 g/mol. The van der Waals surface area contributed by atoms with Gasteiger partial charge in [0.2, 0.25) is 5.88 Å². The van der Waals surface area contributed by atoms with Crippen molar-refractivity contribution in [2.24, 2.45) is 7.05 Å². The van der Waals surface area contributed by atoms with Crippen LogP contribution in [0.25, 0.3) is 10.9 Å². The van der Waals surface area contributed by atoms with Crippen molar-refractivity contribution < 1.29 is 4.74 Å². The number of nitrogens with zero attached hydrogens (tertiary/aromatic N) is 4. The average molecular weight is 330 g/mol. The molecule has 4 aromatic rings. The van der Waals surface area contributed by atoms with Gasteiger partial charge in [0.1, 0.15) is 5.75 Å². The summed E-state index contributed by atoms with van der Waals surface area (Å²) < 4.78 is 7.57. The van der Waals surface area contributed by atoms with Crippen molar-refractivity contribution in [1.29, 1.82) is 0 Å². The van der Waals surface area contributed by atoms with Crippen molar-refractivity contribution in [3.05, 3.63) is 73.1 Å². The Balaban J connectivity index is 1.55. The Bertz CT molecular complexity index is 993. The molecule has 124 valence electrons. The second-order valence-corrected chi connectivity index (χ2v) is 5.87. The molecule has 0 aliphatic carbocycles. The van der Waals surface area contributed by atoms with E-state index in [-0.39, 0.29) is 0 Å². The second-order valence-electron chi connectivity index (χ2n) is 5.87. The molecular weight excluding hydrogens is 312 g/mol. The van der Waals surface area contributed by atoms with E-state index in [1.54, 1.807) is 6.20 Å². The van der Waals surface area contributed by atoms with E-state index in [1.165, 1.54) is 0 Å². The largest absolute Gasteiger partial charge is 0.439 e. The average Bonchev–Trinajstić information content (AvgIpc) is 3.02. The van der Waals surface area contributed by atoms with Gasteiger partial charge in [-0.15, -0.1) is 0 Å². The summed E-state index contributed by atoms with van der Waals surface area (Å²) in [5.74, 6) is 1.35. The lowest BCUT2D eigenvalue weighted by atomic mass is 10.2. The summed E-state index contributed by atoms with van der Waals surface area (Å²) in [6.07, 6.45) is 3.74. The second kappa shape index (κ2) is 6.28. The van der Waals surface area contributed by atoms with E-state index >= 15 is 0 Å². The minimum Gasteiger partial charge on any atom is -0.439 e. The summed E-state index contributed by atoms with van der Waals surface area (Å²) in [5, 5.41) is 5.54. The fraction of sp³-hybridized carbons (Fsp3) is 0.100. The Hall–Kier alpha value is -3.34. The number of fused-ring (bicyclic) bond motifs is 1. The fourth-order valence-corrected chi connectivity index (χ4v) is 2.76. The SMILES string of the molecule is CN(c1ccc(Oc2ccccn2)cc1)c1ccc2nn(C)cc2c1. The highest BCUT2D eigenvalue weighted by molar-refractivity contribution is 5.83. The van der Waals surface area contributed by atoms with Crippen LogP contribution < -0.4 is 9.64 Å². The first-order valence-electron chi connectivity index (χ1n) is 8.05. The number of anilines is 2. The molecule has 0 spiro atoms. The van der Waals surface area contributed by atoms with Gasteiger partial charge < -0.3 is 9.64 Å². The van der Waals surface area contributed by atoms with Crippen LogP contribution in [0.15, 0.2) is 73.1 Å². The summed E-state index contributed by atoms with van der Waals surface area (Å²) in [5.41, 5.74) is 3.19. The molecule has 5 heteroatoms. The lowest BCUT2D eigenvalue weighted by molar-refractivity contribution is 0.463. The highest BCUT2D eigenvalue weighted by Crippen LogP contribution is 2.29. The molecule has 4 rings (SSSR count). The first-order chi connectivity index (χ1) is 12.2. The Kier molecular flexibility index (Phi) is 3.82. The normalized spacial score (nSPS) is 10.8. The van der Waals surface area contributed by atoms with E-state index in [1.807, 2.05) is 73.5 Å². The number of rotatable bonds is 4. The number of hydrogen-bond donors (Lipinski definition) is 0. The summed E-state index contributed by atoms with van der Waals surface area (Å²) >= 11 is 0. The molecule has 0 atom stereocenters. The van der Waals surface area contributed by atoms with Gasteiger partial charge in [-0.1, -0.05) is 6.07 Å². The topological polar surface area (TPSA) is 43.2 Å². The van der Waals surface area contributed by atoms with Crippen LogP contribution in [0.5, 0.6) is 11.6 Å². The Labute approximate surface area is 146 Å². The summed E-state index contributed by atoms with van der Waals surface area (Å²) in [4.78, 5) is 6.31. The molecule has 0 unspecified atom stereocenters. The van der Waals surface area contributed by atoms with Crippen molar-refractivity contribution >= 4 is 22.3 Å². The third kappa shape index (κ3) is 3.17. The van der Waals surface area contributed by atoms with Crippen LogP contribution in [-0.4, -0.2) is 21.8 Å². The smallest absolute Gasteiger partial charge is 0.219 e. The van der Waals surface area contributed by atoms with Crippen LogP contribution in [0.1, 0.15) is 0 Å². The predicted octanol–water partition coefficient (Wildman–Crippen LogP) is 4.53. The van der Waals surface area contributed by atoms with Crippen LogP contribution in [0.4, 0.5) is 11.4 Å². The first kappa shape index (κ1) is 15.2. The molecule has 2 aromatic heterocycles. The fourth-order valence-electron chi connectivity index (χ4n) is 2.76. The maximum atomic E-state index is 5.74. The van der Waals surface area contributed by atoms with Crippen LogP contribution in [-0.2, 0) is 7.05 Å². The minimum atomic E-state index is 0.589. The third-order valence-corrected chi connectivity index (χ3v) is 4.07. The molecule has 2 heterocycles. The van der Waals surface area contributed by atoms with E-state index < -0.39 is 0 Å². The van der Waals surface area contributed by atoms with Crippen LogP contribution in [0.3, 0.4) is 0 Å². The third-order valence-electron chi connectivity index (χ3n) is 4.07. The number of benzene rings is 2. The zero-order valence-corrected chi connectivity index (χ0v) is 14.1. The zero-order chi connectivity index (χ0) is 17.2. The number of aromatic nitrogens is 3. The molecule has 0 N–H and O–H groups in total. The molecule has 0 fully saturated rings. The van der Waals surface area contributed by atoms with Gasteiger partial charge in [-0.05, 0) is 48.5 Å². The van der Waals surface area contributed by atoms with Gasteiger partial charge in [-0.25, -0.2) is 4.98 Å². The highest BCUT2D eigenvalue weighted by atomic mass is 16.5. The van der Waals surface area contributed by atoms with E-state index in [9.17, 15) is 0 Å². The molecule has 0 bridgehead atoms. The number of hydrogen-bond acceptors (Lipinski definition) is 4. The number of pyridine rings is 1. The number of aryl methyl sites for hydroxylation is 1. The molecule has 0 saturated heterocycles. The molecular formula is C20H18N4O. The van der Waals surface area contributed by atoms with Gasteiger partial charge in [0.05, 0.1) is 5.52 Å². The molecule has 2 aromatic carbocycles. The maximum absolute atomic E-state index is 5.74. The van der Waals surface area contributed by atoms with Gasteiger partial charge in [0.25, 0.3) is 0 Å². The van der Waals surface area contributed by atoms with Crippen molar-refractivity contribution in [3.63, 3.8) is 0 Å². The van der Waals surface area contributed by atoms with Crippen LogP contribution in [0.2, 0.25) is 0 Å². The van der Waals surface area contributed by atoms with Gasteiger partial charge in [-0.2, -0.15) is 5.10 Å². The number of ether oxygens (including phenoxy) is 1. The van der Waals surface area contributed by atoms with Gasteiger partial charge in [0, 0.05) is 49.3 Å². The van der Waals surface area contributed by atoms with Crippen molar-refractivity contribution in [2.75, 3.05) is 11.9 Å². The van der Waals surface area contributed by atoms with Gasteiger partial charge in [0.15, 0.2) is 0 Å². The summed E-state index contributed by atoms with van der Waals surface area (Å²) in [6, 6.07) is 19.8. The molecule has 0 aliphatic heterocycles. The first-order valence-corrected chi connectivity index (χ1v) is 8.05. The molecule has 5 nitrogen and oxygen atoms in total. The molecule has 25 heavy (non-hydrogen) atoms. The summed E-state index contributed by atoms with van der Waals surface area (Å²) in [6.45, 7) is 0. The zero-order valence-electron chi connectivity index (χ0n) is 14.1. The Morgan fingerprint density at radius 1 is 0.960 bits per heavy atom. The van der Waals surface area contributed by atoms with E-state index in [2.05, 4.69) is 27.1 Å². The van der Waals surface area contributed by atoms with Crippen LogP contribution >= 0.6 is 0 Å². The predicted molar refractivity (Wildman–Crippen MR) is 99.5 cm³/mol. The lowest BCUT2D eigenvalue weighted by Crippen LogP contribution is -2.08.